The highest BCUT2D eigenvalue weighted by Gasteiger charge is 2.21. The molecule has 0 bridgehead atoms. The zero-order valence-electron chi connectivity index (χ0n) is 16.5. The SMILES string of the molecule is O=C(COc1ccccc1)NCC(=O)N1CCN(CCOc2ccccc2)CC1. The maximum absolute atomic E-state index is 12.3. The molecule has 0 unspecified atom stereocenters. The Labute approximate surface area is 171 Å². The van der Waals surface area contributed by atoms with Gasteiger partial charge in [0.15, 0.2) is 6.61 Å². The van der Waals surface area contributed by atoms with Gasteiger partial charge in [-0.1, -0.05) is 36.4 Å². The molecule has 1 aliphatic heterocycles. The minimum Gasteiger partial charge on any atom is -0.492 e. The minimum absolute atomic E-state index is 0.00585. The third-order valence-corrected chi connectivity index (χ3v) is 4.69. The van der Waals surface area contributed by atoms with E-state index in [1.54, 1.807) is 17.0 Å². The number of hydrogen-bond donors (Lipinski definition) is 1. The lowest BCUT2D eigenvalue weighted by molar-refractivity contribution is -0.134. The van der Waals surface area contributed by atoms with Gasteiger partial charge < -0.3 is 19.7 Å². The Kier molecular flexibility index (Phi) is 7.89. The largest absolute Gasteiger partial charge is 0.492 e. The standard InChI is InChI=1S/C22H27N3O4/c26-21(18-29-20-9-5-2-6-10-20)23-17-22(27)25-13-11-24(12-14-25)15-16-28-19-7-3-1-4-8-19/h1-10H,11-18H2,(H,23,26). The van der Waals surface area contributed by atoms with Crippen LogP contribution in [0.3, 0.4) is 0 Å². The van der Waals surface area contributed by atoms with E-state index in [4.69, 9.17) is 9.47 Å². The Morgan fingerprint density at radius 1 is 0.828 bits per heavy atom. The Bertz CT molecular complexity index is 762. The molecule has 7 heteroatoms. The molecule has 1 saturated heterocycles. The molecule has 2 aromatic carbocycles. The summed E-state index contributed by atoms with van der Waals surface area (Å²) in [6.07, 6.45) is 0. The van der Waals surface area contributed by atoms with Crippen LogP contribution in [-0.2, 0) is 9.59 Å². The lowest BCUT2D eigenvalue weighted by Crippen LogP contribution is -2.52. The summed E-state index contributed by atoms with van der Waals surface area (Å²) < 4.78 is 11.1. The van der Waals surface area contributed by atoms with E-state index in [0.717, 1.165) is 25.4 Å². The molecule has 29 heavy (non-hydrogen) atoms. The summed E-state index contributed by atoms with van der Waals surface area (Å²) in [5.74, 6) is 1.12. The Balaban J connectivity index is 1.28. The average Bonchev–Trinajstić information content (AvgIpc) is 2.78. The smallest absolute Gasteiger partial charge is 0.258 e. The van der Waals surface area contributed by atoms with Gasteiger partial charge in [-0.05, 0) is 24.3 Å². The molecule has 7 nitrogen and oxygen atoms in total. The van der Waals surface area contributed by atoms with Crippen LogP contribution in [0.15, 0.2) is 60.7 Å². The quantitative estimate of drug-likeness (QED) is 0.693. The van der Waals surface area contributed by atoms with Gasteiger partial charge in [-0.2, -0.15) is 0 Å². The number of nitrogens with one attached hydrogen (secondary N) is 1. The van der Waals surface area contributed by atoms with Gasteiger partial charge in [0.1, 0.15) is 18.1 Å². The number of nitrogens with zero attached hydrogens (tertiary/aromatic N) is 2. The van der Waals surface area contributed by atoms with Gasteiger partial charge in [0, 0.05) is 32.7 Å². The molecule has 1 fully saturated rings. The Morgan fingerprint density at radius 2 is 1.41 bits per heavy atom. The van der Waals surface area contributed by atoms with E-state index in [-0.39, 0.29) is 25.0 Å². The van der Waals surface area contributed by atoms with Gasteiger partial charge >= 0.3 is 0 Å². The molecular formula is C22H27N3O4. The highest BCUT2D eigenvalue weighted by atomic mass is 16.5. The van der Waals surface area contributed by atoms with Crippen LogP contribution in [0.5, 0.6) is 11.5 Å². The van der Waals surface area contributed by atoms with E-state index in [0.29, 0.717) is 25.4 Å². The highest BCUT2D eigenvalue weighted by Crippen LogP contribution is 2.09. The monoisotopic (exact) mass is 397 g/mol. The first-order valence-corrected chi connectivity index (χ1v) is 9.83. The third kappa shape index (κ3) is 7.12. The Hall–Kier alpha value is -3.06. The van der Waals surface area contributed by atoms with Crippen molar-refractivity contribution in [3.8, 4) is 11.5 Å². The second-order valence-electron chi connectivity index (χ2n) is 6.76. The number of hydrogen-bond acceptors (Lipinski definition) is 5. The first-order valence-electron chi connectivity index (χ1n) is 9.83. The van der Waals surface area contributed by atoms with Crippen LogP contribution in [0.4, 0.5) is 0 Å². The second kappa shape index (κ2) is 11.1. The summed E-state index contributed by atoms with van der Waals surface area (Å²) in [5, 5.41) is 2.62. The van der Waals surface area contributed by atoms with Crippen LogP contribution in [0.2, 0.25) is 0 Å². The van der Waals surface area contributed by atoms with Crippen molar-refractivity contribution in [1.29, 1.82) is 0 Å². The molecule has 3 rings (SSSR count). The molecule has 0 aliphatic carbocycles. The minimum atomic E-state index is -0.307. The number of para-hydroxylation sites is 2. The number of carbonyl (C=O) groups is 2. The normalized spacial score (nSPS) is 14.3. The first-order chi connectivity index (χ1) is 14.2. The van der Waals surface area contributed by atoms with Crippen LogP contribution in [0.1, 0.15) is 0 Å². The molecule has 0 atom stereocenters. The number of ether oxygens (including phenoxy) is 2. The van der Waals surface area contributed by atoms with Crippen LogP contribution < -0.4 is 14.8 Å². The van der Waals surface area contributed by atoms with Gasteiger partial charge in [-0.25, -0.2) is 0 Å². The summed E-state index contributed by atoms with van der Waals surface area (Å²) in [6.45, 7) is 4.24. The van der Waals surface area contributed by atoms with Crippen molar-refractivity contribution in [2.24, 2.45) is 0 Å². The number of carbonyl (C=O) groups excluding carboxylic acids is 2. The molecule has 2 amide bonds. The van der Waals surface area contributed by atoms with Crippen LogP contribution in [0.25, 0.3) is 0 Å². The van der Waals surface area contributed by atoms with Crippen molar-refractivity contribution in [1.82, 2.24) is 15.1 Å². The Morgan fingerprint density at radius 3 is 2.03 bits per heavy atom. The average molecular weight is 397 g/mol. The van der Waals surface area contributed by atoms with Crippen LogP contribution in [0, 0.1) is 0 Å². The fraction of sp³-hybridized carbons (Fsp3) is 0.364. The van der Waals surface area contributed by atoms with Gasteiger partial charge in [0.05, 0.1) is 6.54 Å². The number of benzene rings is 2. The summed E-state index contributed by atoms with van der Waals surface area (Å²) in [7, 11) is 0. The molecule has 1 heterocycles. The summed E-state index contributed by atoms with van der Waals surface area (Å²) in [6, 6.07) is 18.9. The number of rotatable bonds is 9. The number of piperazine rings is 1. The lowest BCUT2D eigenvalue weighted by Gasteiger charge is -2.34. The van der Waals surface area contributed by atoms with Gasteiger partial charge in [-0.15, -0.1) is 0 Å². The zero-order valence-corrected chi connectivity index (χ0v) is 16.5. The number of amides is 2. The third-order valence-electron chi connectivity index (χ3n) is 4.69. The molecule has 154 valence electrons. The van der Waals surface area contributed by atoms with E-state index < -0.39 is 0 Å². The lowest BCUT2D eigenvalue weighted by atomic mass is 10.3. The van der Waals surface area contributed by atoms with Crippen LogP contribution >= 0.6 is 0 Å². The van der Waals surface area contributed by atoms with Crippen molar-refractivity contribution in [3.05, 3.63) is 60.7 Å². The fourth-order valence-electron chi connectivity index (χ4n) is 3.03. The molecule has 0 saturated carbocycles. The van der Waals surface area contributed by atoms with E-state index >= 15 is 0 Å². The van der Waals surface area contributed by atoms with Crippen molar-refractivity contribution in [2.75, 3.05) is 52.5 Å². The molecule has 2 aromatic rings. The zero-order chi connectivity index (χ0) is 20.3. The van der Waals surface area contributed by atoms with E-state index in [1.165, 1.54) is 0 Å². The molecule has 0 radical (unpaired) electrons. The second-order valence-corrected chi connectivity index (χ2v) is 6.76. The highest BCUT2D eigenvalue weighted by molar-refractivity contribution is 5.85. The molecule has 0 aromatic heterocycles. The molecular weight excluding hydrogens is 370 g/mol. The fourth-order valence-corrected chi connectivity index (χ4v) is 3.03. The molecule has 1 N–H and O–H groups in total. The van der Waals surface area contributed by atoms with Crippen LogP contribution in [-0.4, -0.2) is 74.1 Å². The van der Waals surface area contributed by atoms with Crippen molar-refractivity contribution in [3.63, 3.8) is 0 Å². The van der Waals surface area contributed by atoms with Crippen molar-refractivity contribution >= 4 is 11.8 Å². The van der Waals surface area contributed by atoms with Crippen molar-refractivity contribution in [2.45, 2.75) is 0 Å². The van der Waals surface area contributed by atoms with E-state index in [9.17, 15) is 9.59 Å². The van der Waals surface area contributed by atoms with Crippen molar-refractivity contribution < 1.29 is 19.1 Å². The molecule has 0 spiro atoms. The van der Waals surface area contributed by atoms with E-state index in [2.05, 4.69) is 10.2 Å². The summed E-state index contributed by atoms with van der Waals surface area (Å²) in [5.41, 5.74) is 0. The summed E-state index contributed by atoms with van der Waals surface area (Å²) >= 11 is 0. The summed E-state index contributed by atoms with van der Waals surface area (Å²) in [4.78, 5) is 28.2. The topological polar surface area (TPSA) is 71.1 Å². The molecule has 1 aliphatic rings. The predicted molar refractivity (Wildman–Crippen MR) is 110 cm³/mol. The first kappa shape index (κ1) is 20.7. The maximum atomic E-state index is 12.3. The van der Waals surface area contributed by atoms with Gasteiger partial charge in [0.25, 0.3) is 5.91 Å². The van der Waals surface area contributed by atoms with Gasteiger partial charge in [-0.3, -0.25) is 14.5 Å². The maximum Gasteiger partial charge on any atom is 0.258 e. The van der Waals surface area contributed by atoms with Gasteiger partial charge in [0.2, 0.25) is 5.91 Å². The predicted octanol–water partition coefficient (Wildman–Crippen LogP) is 1.40. The van der Waals surface area contributed by atoms with E-state index in [1.807, 2.05) is 48.5 Å².